The van der Waals surface area contributed by atoms with Crippen LogP contribution in [-0.4, -0.2) is 223 Å². The molecular weight excluding hydrogens is 1280 g/mol. The molecular formula is C55H98ClF4IN12O10Si2. The molecule has 30 heteroatoms. The maximum Gasteiger partial charge on any atom is 0.401 e. The summed E-state index contributed by atoms with van der Waals surface area (Å²) in [5, 5.41) is 44.3. The van der Waals surface area contributed by atoms with Crippen molar-refractivity contribution in [1.82, 2.24) is 45.2 Å². The van der Waals surface area contributed by atoms with Crippen molar-refractivity contribution in [2.45, 2.75) is 148 Å². The number of hydrogen-bond donors (Lipinski definition) is 5. The molecule has 0 unspecified atom stereocenters. The second-order valence-corrected chi connectivity index (χ2v) is 34.8. The number of aromatic nitrogens is 3. The van der Waals surface area contributed by atoms with Gasteiger partial charge in [0.15, 0.2) is 16.6 Å². The number of halogens is 6. The fourth-order valence-electron chi connectivity index (χ4n) is 7.24. The number of nitrogens with zero attached hydrogens (tertiary/aromatic N) is 9. The van der Waals surface area contributed by atoms with Crippen LogP contribution in [0.5, 0.6) is 11.8 Å². The molecule has 85 heavy (non-hydrogen) atoms. The van der Waals surface area contributed by atoms with Gasteiger partial charge in [-0.15, -0.1) is 12.4 Å². The third kappa shape index (κ3) is 30.0. The van der Waals surface area contributed by atoms with Crippen LogP contribution in [0, 0.1) is 26.2 Å². The lowest BCUT2D eigenvalue weighted by Gasteiger charge is -2.46. The molecule has 0 spiro atoms. The lowest BCUT2D eigenvalue weighted by molar-refractivity contribution is -0.388. The maximum absolute atomic E-state index is 12.3. The molecule has 6 saturated heterocycles. The zero-order valence-corrected chi connectivity index (χ0v) is 57.2. The van der Waals surface area contributed by atoms with Gasteiger partial charge in [0.05, 0.1) is 46.5 Å². The van der Waals surface area contributed by atoms with Gasteiger partial charge in [-0.25, -0.2) is 15.0 Å². The number of β-amino-alcohol motifs (C(OH)–C–C–N with tert-alkyl or cyclic N) is 2. The van der Waals surface area contributed by atoms with Gasteiger partial charge in [-0.3, -0.25) is 39.8 Å². The quantitative estimate of drug-likeness (QED) is 0.0192. The first-order valence-electron chi connectivity index (χ1n) is 28.6. The molecule has 6 fully saturated rings. The van der Waals surface area contributed by atoms with Gasteiger partial charge in [0.25, 0.3) is 11.8 Å². The summed E-state index contributed by atoms with van der Waals surface area (Å²) in [6, 6.07) is 8.91. The lowest BCUT2D eigenvalue weighted by Crippen LogP contribution is -2.59. The Morgan fingerprint density at radius 2 is 0.988 bits per heavy atom. The van der Waals surface area contributed by atoms with Crippen LogP contribution >= 0.6 is 35.0 Å². The summed E-state index contributed by atoms with van der Waals surface area (Å²) in [5.74, 6) is -0.367. The highest BCUT2D eigenvalue weighted by Crippen LogP contribution is 2.39. The van der Waals surface area contributed by atoms with E-state index in [0.717, 1.165) is 97.3 Å². The first-order chi connectivity index (χ1) is 39.1. The number of likely N-dealkylation sites (N-methyl/N-ethyl adjacent to an activating group) is 3. The Balaban J connectivity index is 0.000000502. The van der Waals surface area contributed by atoms with E-state index in [1.54, 1.807) is 18.3 Å². The standard InChI is InChI=1S/C11H22F3NOSi.C10H13N3O3.C10H15N3O.C9H21NOSi.C5H3FN2O2.C5H11NO.C3H7NO.C2H5I.ClH/c1-10(2,3)17(4,5)16-9-6-15(7-9)8-11(12,13)14;1-2-12-6-8(7-12)16-10-9(13(14)15)4-3-5-11-10;1-2-13-6-8(7-13)14-10-9(11)4-3-5-12-10;1-9(2,3)12(4,5)11-8-6-10-7-8;6-5-4(8(9)10)2-1-3-7-5;1-2-6-3-5(7)4-6;5-3-1-4-2-3;1-2-3;/h9H,6-8H2,1-5H3;3-5,8H,2,6-7H2,1H3;3-5,8H,2,6-7,11H2,1H3;8,10H,6-7H2,1-5H3;1-3H;5,7H,2-4H2,1H3;3-5H,1-2H2;2H2,1H3;1H. The number of rotatable bonds is 14. The highest BCUT2D eigenvalue weighted by molar-refractivity contribution is 14.1. The minimum Gasteiger partial charge on any atom is -0.470 e. The number of hydrogen-bond acceptors (Lipinski definition) is 20. The van der Waals surface area contributed by atoms with Gasteiger partial charge in [0.2, 0.25) is 5.88 Å². The minimum atomic E-state index is -4.10. The lowest BCUT2D eigenvalue weighted by atomic mass is 10.2. The van der Waals surface area contributed by atoms with E-state index in [1.165, 1.54) is 33.7 Å². The third-order valence-corrected chi connectivity index (χ3v) is 23.8. The Hall–Kier alpha value is -3.58. The predicted molar refractivity (Wildman–Crippen MR) is 342 cm³/mol. The molecule has 3 aromatic rings. The van der Waals surface area contributed by atoms with Crippen molar-refractivity contribution in [3.8, 4) is 11.8 Å². The van der Waals surface area contributed by atoms with Crippen molar-refractivity contribution >= 4 is 68.7 Å². The summed E-state index contributed by atoms with van der Waals surface area (Å²) in [6.45, 7) is 42.7. The van der Waals surface area contributed by atoms with Crippen molar-refractivity contribution in [2.24, 2.45) is 0 Å². The molecule has 0 amide bonds. The van der Waals surface area contributed by atoms with Crippen LogP contribution in [0.1, 0.15) is 69.2 Å². The van der Waals surface area contributed by atoms with Gasteiger partial charge in [0.1, 0.15) is 12.2 Å². The van der Waals surface area contributed by atoms with Gasteiger partial charge in [-0.2, -0.15) is 17.6 Å². The molecule has 0 aliphatic carbocycles. The molecule has 6 aliphatic heterocycles. The molecule has 0 atom stereocenters. The number of aliphatic hydroxyl groups excluding tert-OH is 2. The maximum atomic E-state index is 12.3. The third-order valence-electron chi connectivity index (χ3n) is 14.7. The van der Waals surface area contributed by atoms with Crippen LogP contribution < -0.4 is 25.8 Å². The second kappa shape index (κ2) is 38.1. The topological polar surface area (TPSA) is 265 Å². The summed E-state index contributed by atoms with van der Waals surface area (Å²) in [6.07, 6.45) is 0.935. The number of alkyl halides is 4. The Morgan fingerprint density at radius 3 is 1.31 bits per heavy atom. The van der Waals surface area contributed by atoms with Gasteiger partial charge < -0.3 is 44.9 Å². The molecule has 6 N–H and O–H groups in total. The average Bonchev–Trinajstić information content (AvgIpc) is 2.21. The van der Waals surface area contributed by atoms with E-state index in [0.29, 0.717) is 35.8 Å². The van der Waals surface area contributed by atoms with E-state index >= 15 is 0 Å². The molecule has 6 aliphatic rings. The van der Waals surface area contributed by atoms with Crippen molar-refractivity contribution in [1.29, 1.82) is 0 Å². The van der Waals surface area contributed by atoms with E-state index in [4.69, 9.17) is 34.3 Å². The van der Waals surface area contributed by atoms with Gasteiger partial charge in [0, 0.05) is 109 Å². The van der Waals surface area contributed by atoms with Gasteiger partial charge in [-0.1, -0.05) is 91.8 Å². The highest BCUT2D eigenvalue weighted by atomic mass is 127. The zero-order chi connectivity index (χ0) is 63.6. The van der Waals surface area contributed by atoms with Gasteiger partial charge >= 0.3 is 17.6 Å². The number of nitrogens with two attached hydrogens (primary N) is 1. The smallest absolute Gasteiger partial charge is 0.401 e. The van der Waals surface area contributed by atoms with E-state index in [1.807, 2.05) is 0 Å². The van der Waals surface area contributed by atoms with Crippen molar-refractivity contribution in [3.05, 3.63) is 81.2 Å². The van der Waals surface area contributed by atoms with Crippen molar-refractivity contribution in [3.63, 3.8) is 0 Å². The molecule has 0 bridgehead atoms. The summed E-state index contributed by atoms with van der Waals surface area (Å²) < 4.78 is 73.1. The zero-order valence-electron chi connectivity index (χ0n) is 52.2. The number of pyridine rings is 3. The number of likely N-dealkylation sites (tertiary alicyclic amines) is 4. The molecule has 0 radical (unpaired) electrons. The van der Waals surface area contributed by atoms with Gasteiger partial charge in [-0.05, 0) is 84.6 Å². The first-order valence-corrected chi connectivity index (χ1v) is 36.0. The van der Waals surface area contributed by atoms with Crippen LogP contribution in [0.15, 0.2) is 55.0 Å². The highest BCUT2D eigenvalue weighted by Gasteiger charge is 2.44. The molecule has 9 rings (SSSR count). The fourth-order valence-corrected chi connectivity index (χ4v) is 9.93. The van der Waals surface area contributed by atoms with Crippen LogP contribution in [0.4, 0.5) is 34.6 Å². The Morgan fingerprint density at radius 1 is 0.624 bits per heavy atom. The monoisotopic (exact) mass is 1380 g/mol. The number of ether oxygens (including phenoxy) is 2. The number of anilines is 1. The summed E-state index contributed by atoms with van der Waals surface area (Å²) in [4.78, 5) is 38.5. The number of nitro groups is 2. The molecule has 0 aromatic carbocycles. The Kier molecular flexibility index (Phi) is 35.6. The minimum absolute atomic E-state index is 0. The number of nitrogens with one attached hydrogen (secondary N) is 2. The Labute approximate surface area is 523 Å². The van der Waals surface area contributed by atoms with E-state index in [9.17, 15) is 37.8 Å². The normalized spacial score (nSPS) is 18.0. The largest absolute Gasteiger partial charge is 0.470 e. The SMILES string of the molecule is CC(C)(C)[Si](C)(C)OC1CN(CC(F)(F)F)C1.CC(C)(C)[Si](C)(C)OC1CNC1.CCI.CCN1CC(O)C1.CCN1CC(Oc2ncccc2N)C1.CCN1CC(Oc2ncccc2[N+](=O)[O-])C1.Cl.O=[N+]([O-])c1cccnc1F.OC1CNC1. The van der Waals surface area contributed by atoms with Crippen LogP contribution in [0.25, 0.3) is 0 Å². The van der Waals surface area contributed by atoms with E-state index in [2.05, 4.69) is 158 Å². The summed E-state index contributed by atoms with van der Waals surface area (Å²) in [7, 11) is -3.31. The van der Waals surface area contributed by atoms with Crippen LogP contribution in [0.3, 0.4) is 0 Å². The fraction of sp³-hybridized carbons (Fsp3) is 0.727. The molecule has 0 saturated carbocycles. The number of nitrogen functional groups attached to an aromatic ring is 1. The predicted octanol–water partition coefficient (Wildman–Crippen LogP) is 8.68. The summed E-state index contributed by atoms with van der Waals surface area (Å²) >= 11 is 2.29. The average molecular weight is 1380 g/mol. The molecule has 488 valence electrons. The Bertz CT molecular complexity index is 2360. The second-order valence-electron chi connectivity index (χ2n) is 23.8. The molecule has 22 nitrogen and oxygen atoms in total. The summed E-state index contributed by atoms with van der Waals surface area (Å²) in [5.41, 5.74) is 5.66. The van der Waals surface area contributed by atoms with E-state index < -0.39 is 50.8 Å². The van der Waals surface area contributed by atoms with E-state index in [-0.39, 0.29) is 59.5 Å². The number of aliphatic hydroxyl groups is 2. The van der Waals surface area contributed by atoms with Crippen LogP contribution in [0.2, 0.25) is 36.3 Å². The first kappa shape index (κ1) is 79.4. The molecule has 9 heterocycles. The van der Waals surface area contributed by atoms with Crippen molar-refractivity contribution < 1.29 is 55.9 Å². The van der Waals surface area contributed by atoms with Crippen molar-refractivity contribution in [2.75, 3.05) is 115 Å². The molecule has 3 aromatic heterocycles. The van der Waals surface area contributed by atoms with Crippen LogP contribution in [-0.2, 0) is 8.85 Å².